The zero-order valence-electron chi connectivity index (χ0n) is 13.6. The first-order chi connectivity index (χ1) is 11.6. The maximum atomic E-state index is 11.0. The summed E-state index contributed by atoms with van der Waals surface area (Å²) < 4.78 is 0. The van der Waals surface area contributed by atoms with Gasteiger partial charge in [-0.25, -0.2) is 0 Å². The van der Waals surface area contributed by atoms with Crippen LogP contribution in [0.5, 0.6) is 0 Å². The number of nitrogens with zero attached hydrogens (tertiary/aromatic N) is 4. The monoisotopic (exact) mass is 330 g/mol. The van der Waals surface area contributed by atoms with Crippen molar-refractivity contribution in [2.24, 2.45) is 0 Å². The molecule has 0 spiro atoms. The summed E-state index contributed by atoms with van der Waals surface area (Å²) in [6.07, 6.45) is 4.29. The highest BCUT2D eigenvalue weighted by molar-refractivity contribution is 5.60. The van der Waals surface area contributed by atoms with Crippen molar-refractivity contribution in [1.29, 1.82) is 5.26 Å². The third kappa shape index (κ3) is 3.21. The summed E-state index contributed by atoms with van der Waals surface area (Å²) in [7, 11) is 0. The molecule has 2 aliphatic rings. The minimum absolute atomic E-state index is 0.109. The molecule has 1 aromatic rings. The molecular weight excluding hydrogens is 308 g/mol. The molecule has 0 saturated carbocycles. The molecule has 2 atom stereocenters. The lowest BCUT2D eigenvalue weighted by atomic mass is 10.1. The van der Waals surface area contributed by atoms with Gasteiger partial charge in [0.2, 0.25) is 0 Å². The molecular formula is C17H22N4O3. The van der Waals surface area contributed by atoms with Gasteiger partial charge in [-0.3, -0.25) is 15.0 Å². The van der Waals surface area contributed by atoms with E-state index in [2.05, 4.69) is 9.80 Å². The second kappa shape index (κ2) is 7.16. The number of benzene rings is 1. The summed E-state index contributed by atoms with van der Waals surface area (Å²) in [6, 6.07) is 7.30. The van der Waals surface area contributed by atoms with Gasteiger partial charge in [-0.15, -0.1) is 0 Å². The van der Waals surface area contributed by atoms with Gasteiger partial charge < -0.3 is 10.0 Å². The lowest BCUT2D eigenvalue weighted by Crippen LogP contribution is -2.43. The largest absolute Gasteiger partial charge is 0.395 e. The number of nitriles is 1. The molecule has 2 aliphatic heterocycles. The zero-order chi connectivity index (χ0) is 17.1. The Morgan fingerprint density at radius 1 is 1.29 bits per heavy atom. The van der Waals surface area contributed by atoms with Gasteiger partial charge in [0.25, 0.3) is 5.69 Å². The Morgan fingerprint density at radius 2 is 2.04 bits per heavy atom. The predicted molar refractivity (Wildman–Crippen MR) is 89.9 cm³/mol. The summed E-state index contributed by atoms with van der Waals surface area (Å²) in [5.41, 5.74) is 0.842. The van der Waals surface area contributed by atoms with Crippen LogP contribution in [0.3, 0.4) is 0 Å². The summed E-state index contributed by atoms with van der Waals surface area (Å²) in [6.45, 7) is 3.00. The van der Waals surface area contributed by atoms with Crippen LogP contribution in [0.1, 0.15) is 31.2 Å². The molecule has 0 aromatic heterocycles. The van der Waals surface area contributed by atoms with Crippen molar-refractivity contribution in [1.82, 2.24) is 4.90 Å². The van der Waals surface area contributed by atoms with E-state index >= 15 is 0 Å². The summed E-state index contributed by atoms with van der Waals surface area (Å²) in [5.74, 6) is 0. The van der Waals surface area contributed by atoms with Crippen LogP contribution in [0.2, 0.25) is 0 Å². The van der Waals surface area contributed by atoms with Gasteiger partial charge >= 0.3 is 0 Å². The van der Waals surface area contributed by atoms with E-state index in [4.69, 9.17) is 0 Å². The van der Waals surface area contributed by atoms with Crippen molar-refractivity contribution in [3.63, 3.8) is 0 Å². The molecule has 0 bridgehead atoms. The van der Waals surface area contributed by atoms with Crippen molar-refractivity contribution in [3.05, 3.63) is 33.9 Å². The second-order valence-corrected chi connectivity index (χ2v) is 6.53. The zero-order valence-corrected chi connectivity index (χ0v) is 13.6. The highest BCUT2D eigenvalue weighted by atomic mass is 16.6. The Labute approximate surface area is 141 Å². The van der Waals surface area contributed by atoms with E-state index in [0.29, 0.717) is 6.04 Å². The van der Waals surface area contributed by atoms with Crippen LogP contribution < -0.4 is 4.90 Å². The standard InChI is InChI=1S/C17H22N4O3/c18-10-13-9-14(5-6-17(13)21(23)24)20-8-2-3-15(20)11-19-7-1-4-16(19)12-22/h5-6,9,15-16,22H,1-4,7-8,11-12H2/t15-,16-/m1/s1. The van der Waals surface area contributed by atoms with Crippen molar-refractivity contribution >= 4 is 11.4 Å². The third-order valence-corrected chi connectivity index (χ3v) is 5.16. The smallest absolute Gasteiger partial charge is 0.287 e. The number of nitro groups is 1. The van der Waals surface area contributed by atoms with E-state index < -0.39 is 4.92 Å². The topological polar surface area (TPSA) is 93.6 Å². The van der Waals surface area contributed by atoms with Crippen LogP contribution in [0.25, 0.3) is 0 Å². The van der Waals surface area contributed by atoms with Gasteiger partial charge in [0.1, 0.15) is 11.6 Å². The lowest BCUT2D eigenvalue weighted by molar-refractivity contribution is -0.385. The molecule has 2 saturated heterocycles. The Kier molecular flexibility index (Phi) is 4.97. The molecule has 2 heterocycles. The Morgan fingerprint density at radius 3 is 2.75 bits per heavy atom. The Hall–Kier alpha value is -2.17. The highest BCUT2D eigenvalue weighted by Crippen LogP contribution is 2.31. The maximum absolute atomic E-state index is 11.0. The SMILES string of the molecule is N#Cc1cc(N2CCC[C@@H]2CN2CCC[C@@H]2CO)ccc1[N+](=O)[O-]. The summed E-state index contributed by atoms with van der Waals surface area (Å²) >= 11 is 0. The maximum Gasteiger partial charge on any atom is 0.287 e. The number of aliphatic hydroxyl groups excluding tert-OH is 1. The first kappa shape index (κ1) is 16.7. The van der Waals surface area contributed by atoms with Gasteiger partial charge in [-0.1, -0.05) is 0 Å². The molecule has 0 amide bonds. The quantitative estimate of drug-likeness (QED) is 0.654. The Balaban J connectivity index is 1.78. The van der Waals surface area contributed by atoms with Gasteiger partial charge in [0.05, 0.1) is 11.5 Å². The van der Waals surface area contributed by atoms with E-state index in [-0.39, 0.29) is 23.9 Å². The van der Waals surface area contributed by atoms with E-state index in [0.717, 1.165) is 51.0 Å². The normalized spacial score (nSPS) is 24.2. The van der Waals surface area contributed by atoms with Crippen molar-refractivity contribution in [3.8, 4) is 6.07 Å². The molecule has 3 rings (SSSR count). The number of anilines is 1. The van der Waals surface area contributed by atoms with E-state index in [1.807, 2.05) is 6.07 Å². The fraction of sp³-hybridized carbons (Fsp3) is 0.588. The van der Waals surface area contributed by atoms with Gasteiger partial charge in [0, 0.05) is 36.9 Å². The molecule has 1 aromatic carbocycles. The predicted octanol–water partition coefficient (Wildman–Crippen LogP) is 1.89. The van der Waals surface area contributed by atoms with Crippen molar-refractivity contribution in [2.75, 3.05) is 31.1 Å². The van der Waals surface area contributed by atoms with Gasteiger partial charge in [-0.2, -0.15) is 5.26 Å². The van der Waals surface area contributed by atoms with Crippen LogP contribution in [-0.2, 0) is 0 Å². The van der Waals surface area contributed by atoms with Gasteiger partial charge in [0.15, 0.2) is 0 Å². The molecule has 7 heteroatoms. The van der Waals surface area contributed by atoms with Crippen molar-refractivity contribution in [2.45, 2.75) is 37.8 Å². The first-order valence-corrected chi connectivity index (χ1v) is 8.44. The summed E-state index contributed by atoms with van der Waals surface area (Å²) in [4.78, 5) is 15.1. The fourth-order valence-corrected chi connectivity index (χ4v) is 3.93. The second-order valence-electron chi connectivity index (χ2n) is 6.53. The Bertz CT molecular complexity index is 658. The number of hydrogen-bond donors (Lipinski definition) is 1. The number of hydrogen-bond acceptors (Lipinski definition) is 6. The molecule has 0 aliphatic carbocycles. The van der Waals surface area contributed by atoms with E-state index in [1.165, 1.54) is 6.07 Å². The summed E-state index contributed by atoms with van der Waals surface area (Å²) in [5, 5.41) is 29.7. The van der Waals surface area contributed by atoms with E-state index in [1.54, 1.807) is 12.1 Å². The molecule has 7 nitrogen and oxygen atoms in total. The van der Waals surface area contributed by atoms with Crippen LogP contribution >= 0.6 is 0 Å². The molecule has 24 heavy (non-hydrogen) atoms. The first-order valence-electron chi connectivity index (χ1n) is 8.44. The van der Waals surface area contributed by atoms with Crippen LogP contribution in [0.15, 0.2) is 18.2 Å². The number of likely N-dealkylation sites (tertiary alicyclic amines) is 1. The number of rotatable bonds is 5. The average molecular weight is 330 g/mol. The van der Waals surface area contributed by atoms with E-state index in [9.17, 15) is 20.5 Å². The minimum Gasteiger partial charge on any atom is -0.395 e. The van der Waals surface area contributed by atoms with Crippen LogP contribution in [0.4, 0.5) is 11.4 Å². The van der Waals surface area contributed by atoms with Crippen molar-refractivity contribution < 1.29 is 10.0 Å². The third-order valence-electron chi connectivity index (χ3n) is 5.16. The number of nitro benzene ring substituents is 1. The molecule has 0 radical (unpaired) electrons. The minimum atomic E-state index is -0.514. The van der Waals surface area contributed by atoms with Crippen LogP contribution in [0, 0.1) is 21.4 Å². The highest BCUT2D eigenvalue weighted by Gasteiger charge is 2.32. The van der Waals surface area contributed by atoms with Crippen LogP contribution in [-0.4, -0.2) is 53.3 Å². The van der Waals surface area contributed by atoms with Gasteiger partial charge in [-0.05, 0) is 44.4 Å². The number of aliphatic hydroxyl groups is 1. The fourth-order valence-electron chi connectivity index (χ4n) is 3.93. The molecule has 2 fully saturated rings. The molecule has 0 unspecified atom stereocenters. The molecule has 1 N–H and O–H groups in total. The average Bonchev–Trinajstić information content (AvgIpc) is 3.23. The molecule has 128 valence electrons. The lowest BCUT2D eigenvalue weighted by Gasteiger charge is -2.32.